The Morgan fingerprint density at radius 2 is 2.00 bits per heavy atom. The molecule has 1 heterocycles. The monoisotopic (exact) mass is 258 g/mol. The number of aryl methyl sites for hydroxylation is 3. The van der Waals surface area contributed by atoms with Crippen molar-refractivity contribution in [3.8, 4) is 0 Å². The van der Waals surface area contributed by atoms with Crippen molar-refractivity contribution in [1.82, 2.24) is 4.98 Å². The predicted octanol–water partition coefficient (Wildman–Crippen LogP) is 3.59. The average molecular weight is 258 g/mol. The van der Waals surface area contributed by atoms with E-state index in [0.29, 0.717) is 5.71 Å². The lowest BCUT2D eigenvalue weighted by Crippen LogP contribution is -2.16. The first-order chi connectivity index (χ1) is 8.99. The van der Waals surface area contributed by atoms with E-state index in [4.69, 9.17) is 0 Å². The molecule has 19 heavy (non-hydrogen) atoms. The summed E-state index contributed by atoms with van der Waals surface area (Å²) in [5.74, 6) is 0.103. The molecule has 0 aliphatic heterocycles. The Kier molecular flexibility index (Phi) is 4.13. The first-order valence-electron chi connectivity index (χ1n) is 7.08. The van der Waals surface area contributed by atoms with Crippen molar-refractivity contribution in [3.63, 3.8) is 0 Å². The molecule has 2 rings (SSSR count). The molecule has 0 aromatic carbocycles. The highest BCUT2D eigenvalue weighted by atomic mass is 16.1. The second-order valence-corrected chi connectivity index (χ2v) is 5.62. The van der Waals surface area contributed by atoms with Crippen LogP contribution in [0.25, 0.3) is 0 Å². The van der Waals surface area contributed by atoms with Crippen LogP contribution in [0.2, 0.25) is 0 Å². The molecule has 0 N–H and O–H groups in total. The van der Waals surface area contributed by atoms with Gasteiger partial charge in [-0.2, -0.15) is 0 Å². The molecule has 0 fully saturated rings. The van der Waals surface area contributed by atoms with E-state index >= 15 is 0 Å². The fourth-order valence-electron chi connectivity index (χ4n) is 2.49. The molecule has 0 saturated carbocycles. The largest absolute Gasteiger partial charge is 0.293 e. The zero-order chi connectivity index (χ0) is 14.0. The van der Waals surface area contributed by atoms with Crippen LogP contribution in [-0.4, -0.2) is 16.5 Å². The van der Waals surface area contributed by atoms with Gasteiger partial charge in [0.05, 0.1) is 17.1 Å². The number of hydrogen-bond donors (Lipinski definition) is 0. The van der Waals surface area contributed by atoms with E-state index in [9.17, 15) is 4.79 Å². The molecule has 3 heteroatoms. The average Bonchev–Trinajstić information content (AvgIpc) is 2.38. The van der Waals surface area contributed by atoms with Gasteiger partial charge in [-0.15, -0.1) is 0 Å². The molecule has 102 valence electrons. The number of aromatic nitrogens is 1. The Bertz CT molecular complexity index is 530. The number of nitrogens with zero attached hydrogens (tertiary/aromatic N) is 2. The summed E-state index contributed by atoms with van der Waals surface area (Å²) in [5, 5.41) is 0. The number of hydrogen-bond acceptors (Lipinski definition) is 3. The summed E-state index contributed by atoms with van der Waals surface area (Å²) in [7, 11) is 0. The molecular formula is C16H22N2O. The molecule has 0 atom stereocenters. The first-order valence-corrected chi connectivity index (χ1v) is 7.08. The van der Waals surface area contributed by atoms with Gasteiger partial charge in [-0.1, -0.05) is 13.8 Å². The van der Waals surface area contributed by atoms with Crippen LogP contribution in [0.15, 0.2) is 11.1 Å². The van der Waals surface area contributed by atoms with Gasteiger partial charge >= 0.3 is 0 Å². The van der Waals surface area contributed by atoms with Crippen LogP contribution in [0.3, 0.4) is 0 Å². The molecular weight excluding hydrogens is 236 g/mol. The van der Waals surface area contributed by atoms with Crippen LogP contribution < -0.4 is 0 Å². The zero-order valence-corrected chi connectivity index (χ0v) is 12.3. The highest BCUT2D eigenvalue weighted by Gasteiger charge is 2.15. The van der Waals surface area contributed by atoms with Gasteiger partial charge in [-0.05, 0) is 51.2 Å². The molecule has 0 spiro atoms. The van der Waals surface area contributed by atoms with Gasteiger partial charge in [0.2, 0.25) is 0 Å². The summed E-state index contributed by atoms with van der Waals surface area (Å²) in [4.78, 5) is 21.0. The summed E-state index contributed by atoms with van der Waals surface area (Å²) in [6, 6.07) is 2.12. The molecule has 0 amide bonds. The van der Waals surface area contributed by atoms with Crippen molar-refractivity contribution in [3.05, 3.63) is 23.0 Å². The fourth-order valence-corrected chi connectivity index (χ4v) is 2.49. The second-order valence-electron chi connectivity index (χ2n) is 5.62. The van der Waals surface area contributed by atoms with Gasteiger partial charge in [0.1, 0.15) is 0 Å². The molecule has 0 radical (unpaired) electrons. The number of aliphatic imine (C=N–C) groups is 1. The van der Waals surface area contributed by atoms with Crippen LogP contribution in [0.1, 0.15) is 50.6 Å². The van der Waals surface area contributed by atoms with Gasteiger partial charge in [-0.3, -0.25) is 9.78 Å². The Morgan fingerprint density at radius 3 is 2.68 bits per heavy atom. The van der Waals surface area contributed by atoms with Crippen molar-refractivity contribution in [1.29, 1.82) is 0 Å². The van der Waals surface area contributed by atoms with Gasteiger partial charge in [-0.25, -0.2) is 4.99 Å². The maximum atomic E-state index is 11.9. The molecule has 1 aromatic heterocycles. The Hall–Kier alpha value is -1.51. The number of rotatable bonds is 3. The van der Waals surface area contributed by atoms with Crippen LogP contribution in [0.5, 0.6) is 0 Å². The number of ketones is 1. The normalized spacial score (nSPS) is 15.5. The Labute approximate surface area is 115 Å². The SMILES string of the molecule is CC(=Nc1cc2c(nc1C)CCCC2)C(=O)C(C)C. The topological polar surface area (TPSA) is 42.3 Å². The van der Waals surface area contributed by atoms with Crippen LogP contribution in [0, 0.1) is 12.8 Å². The van der Waals surface area contributed by atoms with E-state index in [0.717, 1.165) is 24.2 Å². The number of pyridine rings is 1. The highest BCUT2D eigenvalue weighted by Crippen LogP contribution is 2.26. The second kappa shape index (κ2) is 5.64. The fraction of sp³-hybridized carbons (Fsp3) is 0.562. The summed E-state index contributed by atoms with van der Waals surface area (Å²) >= 11 is 0. The molecule has 1 aliphatic carbocycles. The van der Waals surface area contributed by atoms with Gasteiger partial charge < -0.3 is 0 Å². The van der Waals surface area contributed by atoms with Crippen molar-refractivity contribution in [2.45, 2.75) is 53.4 Å². The number of fused-ring (bicyclic) bond motifs is 1. The van der Waals surface area contributed by atoms with E-state index in [1.54, 1.807) is 6.92 Å². The molecule has 3 nitrogen and oxygen atoms in total. The summed E-state index contributed by atoms with van der Waals surface area (Å²) < 4.78 is 0. The first kappa shape index (κ1) is 13.9. The predicted molar refractivity (Wildman–Crippen MR) is 78.2 cm³/mol. The Balaban J connectivity index is 2.35. The third-order valence-electron chi connectivity index (χ3n) is 3.63. The maximum absolute atomic E-state index is 11.9. The van der Waals surface area contributed by atoms with Crippen molar-refractivity contribution >= 4 is 17.2 Å². The highest BCUT2D eigenvalue weighted by molar-refractivity contribution is 6.40. The lowest BCUT2D eigenvalue weighted by atomic mass is 9.95. The lowest BCUT2D eigenvalue weighted by molar-refractivity contribution is -0.115. The van der Waals surface area contributed by atoms with Gasteiger partial charge in [0.25, 0.3) is 0 Å². The molecule has 0 saturated heterocycles. The molecule has 1 aliphatic rings. The minimum atomic E-state index is -0.00496. The third-order valence-corrected chi connectivity index (χ3v) is 3.63. The molecule has 0 bridgehead atoms. The minimum Gasteiger partial charge on any atom is -0.293 e. The van der Waals surface area contributed by atoms with E-state index in [-0.39, 0.29) is 11.7 Å². The summed E-state index contributed by atoms with van der Waals surface area (Å²) in [6.07, 6.45) is 4.62. The van der Waals surface area contributed by atoms with Crippen molar-refractivity contribution in [2.24, 2.45) is 10.9 Å². The summed E-state index contributed by atoms with van der Waals surface area (Å²) in [5.41, 5.74) is 4.88. The summed E-state index contributed by atoms with van der Waals surface area (Å²) in [6.45, 7) is 7.57. The van der Waals surface area contributed by atoms with E-state index in [2.05, 4.69) is 16.0 Å². The van der Waals surface area contributed by atoms with Crippen LogP contribution >= 0.6 is 0 Å². The van der Waals surface area contributed by atoms with Crippen molar-refractivity contribution in [2.75, 3.05) is 0 Å². The van der Waals surface area contributed by atoms with Crippen molar-refractivity contribution < 1.29 is 4.79 Å². The molecule has 1 aromatic rings. The quantitative estimate of drug-likeness (QED) is 0.778. The third kappa shape index (κ3) is 3.09. The van der Waals surface area contributed by atoms with Crippen LogP contribution in [0.4, 0.5) is 5.69 Å². The van der Waals surface area contributed by atoms with Crippen LogP contribution in [-0.2, 0) is 17.6 Å². The van der Waals surface area contributed by atoms with E-state index < -0.39 is 0 Å². The lowest BCUT2D eigenvalue weighted by Gasteiger charge is -2.16. The van der Waals surface area contributed by atoms with E-state index in [1.807, 2.05) is 20.8 Å². The van der Waals surface area contributed by atoms with E-state index in [1.165, 1.54) is 24.1 Å². The maximum Gasteiger partial charge on any atom is 0.179 e. The van der Waals surface area contributed by atoms with Gasteiger partial charge in [0, 0.05) is 11.6 Å². The smallest absolute Gasteiger partial charge is 0.179 e. The Morgan fingerprint density at radius 1 is 1.32 bits per heavy atom. The van der Waals surface area contributed by atoms with Gasteiger partial charge in [0.15, 0.2) is 5.78 Å². The number of carbonyl (C=O) groups excluding carboxylic acids is 1. The number of Topliss-reactive ketones (excluding diaryl/α,β-unsaturated/α-hetero) is 1. The number of carbonyl (C=O) groups is 1. The minimum absolute atomic E-state index is 0.00496. The standard InChI is InChI=1S/C16H22N2O/c1-10(2)16(19)12(4)18-15-9-13-7-5-6-8-14(13)17-11(15)3/h9-10H,5-8H2,1-4H3. The molecule has 0 unspecified atom stereocenters. The zero-order valence-electron chi connectivity index (χ0n) is 12.3.